The SMILES string of the molecule is O=C1CCC(N2C(=O)c3ccc(CN4CC5CCC4CN5C(c4ccccc4)c4ccccc4)cc3C2=O)C(=O)N1. The first-order chi connectivity index (χ1) is 20.0. The monoisotopic (exact) mass is 548 g/mol. The Bertz CT molecular complexity index is 1490. The lowest BCUT2D eigenvalue weighted by Crippen LogP contribution is -2.62. The maximum Gasteiger partial charge on any atom is 0.262 e. The molecule has 5 aliphatic rings. The largest absolute Gasteiger partial charge is 0.295 e. The number of nitrogens with one attached hydrogen (secondary N) is 1. The second-order valence-electron chi connectivity index (χ2n) is 11.6. The van der Waals surface area contributed by atoms with Crippen LogP contribution in [0.3, 0.4) is 0 Å². The second-order valence-corrected chi connectivity index (χ2v) is 11.6. The number of piperidine rings is 3. The van der Waals surface area contributed by atoms with Crippen LogP contribution >= 0.6 is 0 Å². The normalized spacial score (nSPS) is 24.7. The van der Waals surface area contributed by atoms with Gasteiger partial charge in [-0.05, 0) is 48.1 Å². The highest BCUT2D eigenvalue weighted by Crippen LogP contribution is 2.39. The molecule has 208 valence electrons. The minimum atomic E-state index is -0.950. The standard InChI is InChI=1S/C33H32N4O4/c38-29-16-15-28(31(39)34-29)37-32(40)26-14-11-21(17-27(26)33(37)41)18-35-19-25-13-12-24(35)20-36(25)30(22-7-3-1-4-8-22)23-9-5-2-6-10-23/h1-11,14,17,24-25,28,30H,12-13,15-16,18-20H2,(H,34,38,39). The molecule has 4 saturated heterocycles. The van der Waals surface area contributed by atoms with Crippen molar-refractivity contribution in [3.05, 3.63) is 107 Å². The lowest BCUT2D eigenvalue weighted by atomic mass is 9.85. The van der Waals surface area contributed by atoms with Crippen molar-refractivity contribution in [1.29, 1.82) is 0 Å². The molecule has 0 radical (unpaired) electrons. The predicted octanol–water partition coefficient (Wildman–Crippen LogP) is 3.53. The molecular formula is C33H32N4O4. The molecule has 0 aromatic heterocycles. The molecule has 0 saturated carbocycles. The van der Waals surface area contributed by atoms with Crippen molar-refractivity contribution in [3.63, 3.8) is 0 Å². The molecule has 4 fully saturated rings. The molecule has 5 heterocycles. The van der Waals surface area contributed by atoms with Gasteiger partial charge in [-0.25, -0.2) is 0 Å². The molecule has 41 heavy (non-hydrogen) atoms. The van der Waals surface area contributed by atoms with E-state index in [1.165, 1.54) is 11.1 Å². The molecule has 5 aliphatic heterocycles. The van der Waals surface area contributed by atoms with Gasteiger partial charge in [-0.15, -0.1) is 0 Å². The summed E-state index contributed by atoms with van der Waals surface area (Å²) < 4.78 is 0. The van der Waals surface area contributed by atoms with E-state index < -0.39 is 23.8 Å². The van der Waals surface area contributed by atoms with Gasteiger partial charge in [-0.3, -0.25) is 39.2 Å². The number of fused-ring (bicyclic) bond motifs is 4. The summed E-state index contributed by atoms with van der Waals surface area (Å²) in [5.74, 6) is -1.89. The summed E-state index contributed by atoms with van der Waals surface area (Å²) in [4.78, 5) is 56.6. The first-order valence-electron chi connectivity index (χ1n) is 14.4. The van der Waals surface area contributed by atoms with Crippen molar-refractivity contribution in [1.82, 2.24) is 20.0 Å². The van der Waals surface area contributed by atoms with Gasteiger partial charge < -0.3 is 0 Å². The van der Waals surface area contributed by atoms with Crippen LogP contribution in [0.25, 0.3) is 0 Å². The highest BCUT2D eigenvalue weighted by molar-refractivity contribution is 6.23. The molecule has 3 atom stereocenters. The summed E-state index contributed by atoms with van der Waals surface area (Å²) in [5, 5.41) is 2.25. The first-order valence-corrected chi connectivity index (χ1v) is 14.4. The molecule has 8 rings (SSSR count). The van der Waals surface area contributed by atoms with E-state index in [-0.39, 0.29) is 24.8 Å². The summed E-state index contributed by atoms with van der Waals surface area (Å²) in [7, 11) is 0. The molecule has 0 spiro atoms. The van der Waals surface area contributed by atoms with Crippen molar-refractivity contribution < 1.29 is 19.2 Å². The maximum absolute atomic E-state index is 13.3. The Kier molecular flexibility index (Phi) is 6.52. The Morgan fingerprint density at radius 1 is 0.732 bits per heavy atom. The Balaban J connectivity index is 1.09. The van der Waals surface area contributed by atoms with Crippen LogP contribution in [0.15, 0.2) is 78.9 Å². The van der Waals surface area contributed by atoms with Crippen LogP contribution in [-0.4, -0.2) is 69.5 Å². The van der Waals surface area contributed by atoms with Crippen molar-refractivity contribution in [3.8, 4) is 0 Å². The average Bonchev–Trinajstić information content (AvgIpc) is 3.24. The molecule has 3 aromatic carbocycles. The summed E-state index contributed by atoms with van der Waals surface area (Å²) >= 11 is 0. The zero-order chi connectivity index (χ0) is 28.1. The van der Waals surface area contributed by atoms with Gasteiger partial charge in [0.2, 0.25) is 11.8 Å². The summed E-state index contributed by atoms with van der Waals surface area (Å²) in [6, 6.07) is 27.0. The Hall–Kier alpha value is -4.14. The molecule has 4 amide bonds. The average molecular weight is 549 g/mol. The van der Waals surface area contributed by atoms with Crippen molar-refractivity contribution >= 4 is 23.6 Å². The van der Waals surface area contributed by atoms with Gasteiger partial charge >= 0.3 is 0 Å². The number of carbonyl (C=O) groups is 4. The third kappa shape index (κ3) is 4.57. The van der Waals surface area contributed by atoms with E-state index in [1.54, 1.807) is 6.07 Å². The maximum atomic E-state index is 13.3. The lowest BCUT2D eigenvalue weighted by molar-refractivity contribution is -0.136. The number of piperazine rings is 1. The van der Waals surface area contributed by atoms with Gasteiger partial charge in [0.25, 0.3) is 11.8 Å². The minimum Gasteiger partial charge on any atom is -0.295 e. The minimum absolute atomic E-state index is 0.110. The van der Waals surface area contributed by atoms with Crippen LogP contribution in [-0.2, 0) is 16.1 Å². The Labute approximate surface area is 238 Å². The molecular weight excluding hydrogens is 516 g/mol. The van der Waals surface area contributed by atoms with E-state index in [4.69, 9.17) is 0 Å². The topological polar surface area (TPSA) is 90.0 Å². The van der Waals surface area contributed by atoms with Crippen LogP contribution in [0.5, 0.6) is 0 Å². The van der Waals surface area contributed by atoms with Crippen molar-refractivity contribution in [2.24, 2.45) is 0 Å². The number of rotatable bonds is 6. The Morgan fingerprint density at radius 2 is 1.39 bits per heavy atom. The summed E-state index contributed by atoms with van der Waals surface area (Å²) in [6.45, 7) is 2.60. The zero-order valence-electron chi connectivity index (χ0n) is 22.7. The smallest absolute Gasteiger partial charge is 0.262 e. The number of imide groups is 2. The van der Waals surface area contributed by atoms with Gasteiger partial charge in [0.1, 0.15) is 6.04 Å². The summed E-state index contributed by atoms with van der Waals surface area (Å²) in [5.41, 5.74) is 4.26. The van der Waals surface area contributed by atoms with Crippen LogP contribution in [0.4, 0.5) is 0 Å². The van der Waals surface area contributed by atoms with Crippen LogP contribution in [0.2, 0.25) is 0 Å². The van der Waals surface area contributed by atoms with E-state index >= 15 is 0 Å². The molecule has 0 aliphatic carbocycles. The second kappa shape index (κ2) is 10.4. The van der Waals surface area contributed by atoms with Gasteiger partial charge in [0.05, 0.1) is 17.2 Å². The summed E-state index contributed by atoms with van der Waals surface area (Å²) in [6.07, 6.45) is 2.54. The van der Waals surface area contributed by atoms with E-state index in [0.29, 0.717) is 29.8 Å². The molecule has 8 heteroatoms. The molecule has 1 N–H and O–H groups in total. The van der Waals surface area contributed by atoms with Gasteiger partial charge in [-0.1, -0.05) is 66.7 Å². The fourth-order valence-corrected chi connectivity index (χ4v) is 7.16. The molecule has 3 aromatic rings. The number of benzene rings is 3. The molecule has 8 nitrogen and oxygen atoms in total. The fourth-order valence-electron chi connectivity index (χ4n) is 7.16. The van der Waals surface area contributed by atoms with Crippen molar-refractivity contribution in [2.45, 2.75) is 56.4 Å². The van der Waals surface area contributed by atoms with Crippen molar-refractivity contribution in [2.75, 3.05) is 13.1 Å². The molecule has 3 unspecified atom stereocenters. The van der Waals surface area contributed by atoms with E-state index in [9.17, 15) is 19.2 Å². The number of carbonyl (C=O) groups excluding carboxylic acids is 4. The van der Waals surface area contributed by atoms with Crippen LogP contribution in [0, 0.1) is 0 Å². The van der Waals surface area contributed by atoms with E-state index in [2.05, 4.69) is 75.8 Å². The van der Waals surface area contributed by atoms with Crippen LogP contribution < -0.4 is 5.32 Å². The first kappa shape index (κ1) is 25.8. The van der Waals surface area contributed by atoms with E-state index in [0.717, 1.165) is 36.4 Å². The fraction of sp³-hybridized carbons (Fsp3) is 0.333. The highest BCUT2D eigenvalue weighted by Gasteiger charge is 2.45. The molecule has 2 bridgehead atoms. The van der Waals surface area contributed by atoms with Gasteiger partial charge in [-0.2, -0.15) is 0 Å². The highest BCUT2D eigenvalue weighted by atomic mass is 16.2. The third-order valence-corrected chi connectivity index (χ3v) is 9.14. The van der Waals surface area contributed by atoms with Crippen LogP contribution in [0.1, 0.15) is 69.1 Å². The number of amides is 4. The number of nitrogens with zero attached hydrogens (tertiary/aromatic N) is 3. The zero-order valence-corrected chi connectivity index (χ0v) is 22.7. The number of hydrogen-bond acceptors (Lipinski definition) is 6. The lowest BCUT2D eigenvalue weighted by Gasteiger charge is -2.54. The van der Waals surface area contributed by atoms with Gasteiger partial charge in [0.15, 0.2) is 0 Å². The number of hydrogen-bond donors (Lipinski definition) is 1. The van der Waals surface area contributed by atoms with Gasteiger partial charge in [0, 0.05) is 38.1 Å². The predicted molar refractivity (Wildman–Crippen MR) is 152 cm³/mol. The van der Waals surface area contributed by atoms with E-state index in [1.807, 2.05) is 12.1 Å². The quantitative estimate of drug-likeness (QED) is 0.474. The third-order valence-electron chi connectivity index (χ3n) is 9.14. The Morgan fingerprint density at radius 3 is 2.02 bits per heavy atom.